The number of carbonyl (C=O) groups is 1. The molecule has 0 fully saturated rings. The number of likely N-dealkylation sites (N-methyl/N-ethyl adjacent to an activating group) is 1. The zero-order valence-corrected chi connectivity index (χ0v) is 11.2. The molecule has 1 N–H and O–H groups in total. The Kier molecular flexibility index (Phi) is 3.14. The van der Waals surface area contributed by atoms with Gasteiger partial charge < -0.3 is 10.2 Å². The van der Waals surface area contributed by atoms with Crippen molar-refractivity contribution in [3.05, 3.63) is 59.4 Å². The summed E-state index contributed by atoms with van der Waals surface area (Å²) >= 11 is 0. The lowest BCUT2D eigenvalue weighted by Crippen LogP contribution is -2.14. The van der Waals surface area contributed by atoms with Crippen molar-refractivity contribution in [1.82, 2.24) is 0 Å². The van der Waals surface area contributed by atoms with Gasteiger partial charge in [0.25, 0.3) is 5.91 Å². The molecule has 20 heavy (non-hydrogen) atoms. The Balaban J connectivity index is 1.82. The largest absolute Gasteiger partial charge is 0.374 e. The van der Waals surface area contributed by atoms with Gasteiger partial charge in [-0.05, 0) is 42.3 Å². The Bertz CT molecular complexity index is 669. The number of rotatable bonds is 2. The number of carbonyl (C=O) groups excluding carboxylic acids is 1. The minimum Gasteiger partial charge on any atom is -0.374 e. The lowest BCUT2D eigenvalue weighted by molar-refractivity contribution is 0.102. The quantitative estimate of drug-likeness (QED) is 0.909. The van der Waals surface area contributed by atoms with Crippen LogP contribution in [-0.2, 0) is 6.42 Å². The van der Waals surface area contributed by atoms with E-state index in [-0.39, 0.29) is 5.91 Å². The van der Waals surface area contributed by atoms with Gasteiger partial charge >= 0.3 is 0 Å². The maximum atomic E-state index is 13.1. The monoisotopic (exact) mass is 270 g/mol. The summed E-state index contributed by atoms with van der Waals surface area (Å²) in [5.41, 5.74) is 3.48. The van der Waals surface area contributed by atoms with Crippen molar-refractivity contribution < 1.29 is 9.18 Å². The molecule has 1 aliphatic heterocycles. The number of amides is 1. The number of hydrogen-bond acceptors (Lipinski definition) is 2. The molecule has 0 saturated heterocycles. The fraction of sp³-hybridized carbons (Fsp3) is 0.188. The topological polar surface area (TPSA) is 32.3 Å². The highest BCUT2D eigenvalue weighted by Crippen LogP contribution is 2.29. The number of nitrogens with zero attached hydrogens (tertiary/aromatic N) is 1. The summed E-state index contributed by atoms with van der Waals surface area (Å²) in [6, 6.07) is 11.5. The third kappa shape index (κ3) is 2.37. The van der Waals surface area contributed by atoms with Gasteiger partial charge in [0.05, 0.1) is 0 Å². The Labute approximate surface area is 117 Å². The van der Waals surface area contributed by atoms with Crippen LogP contribution in [-0.4, -0.2) is 19.5 Å². The van der Waals surface area contributed by atoms with Gasteiger partial charge in [-0.15, -0.1) is 0 Å². The van der Waals surface area contributed by atoms with Gasteiger partial charge in [0.2, 0.25) is 0 Å². The van der Waals surface area contributed by atoms with Gasteiger partial charge in [0.1, 0.15) is 5.82 Å². The highest BCUT2D eigenvalue weighted by Gasteiger charge is 2.16. The summed E-state index contributed by atoms with van der Waals surface area (Å²) in [4.78, 5) is 14.2. The standard InChI is InChI=1S/C16H15FN2O/c1-19-8-7-11-5-6-14(10-15(11)19)18-16(20)12-3-2-4-13(17)9-12/h2-6,9-10H,7-8H2,1H3,(H,18,20). The zero-order chi connectivity index (χ0) is 14.1. The van der Waals surface area contributed by atoms with E-state index in [1.54, 1.807) is 6.07 Å². The molecule has 0 aromatic heterocycles. The van der Waals surface area contributed by atoms with E-state index in [9.17, 15) is 9.18 Å². The van der Waals surface area contributed by atoms with Crippen LogP contribution in [0.3, 0.4) is 0 Å². The molecule has 1 aliphatic rings. The van der Waals surface area contributed by atoms with E-state index >= 15 is 0 Å². The Morgan fingerprint density at radius 1 is 1.25 bits per heavy atom. The third-order valence-corrected chi connectivity index (χ3v) is 3.56. The molecule has 1 heterocycles. The van der Waals surface area contributed by atoms with E-state index in [0.29, 0.717) is 5.56 Å². The number of benzene rings is 2. The molecule has 3 rings (SSSR count). The summed E-state index contributed by atoms with van der Waals surface area (Å²) in [6.45, 7) is 0.997. The first-order valence-electron chi connectivity index (χ1n) is 6.54. The first-order chi connectivity index (χ1) is 9.63. The zero-order valence-electron chi connectivity index (χ0n) is 11.2. The average molecular weight is 270 g/mol. The maximum absolute atomic E-state index is 13.1. The van der Waals surface area contributed by atoms with Crippen molar-refractivity contribution in [1.29, 1.82) is 0 Å². The normalized spacial score (nSPS) is 13.2. The lowest BCUT2D eigenvalue weighted by Gasteiger charge is -2.13. The van der Waals surface area contributed by atoms with Gasteiger partial charge in [-0.25, -0.2) is 4.39 Å². The van der Waals surface area contributed by atoms with Crippen molar-refractivity contribution in [3.8, 4) is 0 Å². The molecule has 0 spiro atoms. The van der Waals surface area contributed by atoms with Crippen LogP contribution in [0.5, 0.6) is 0 Å². The number of nitrogens with one attached hydrogen (secondary N) is 1. The molecule has 0 bridgehead atoms. The first-order valence-corrected chi connectivity index (χ1v) is 6.54. The molecular weight excluding hydrogens is 255 g/mol. The van der Waals surface area contributed by atoms with Gasteiger partial charge in [0, 0.05) is 30.5 Å². The smallest absolute Gasteiger partial charge is 0.255 e. The Hall–Kier alpha value is -2.36. The first kappa shape index (κ1) is 12.7. The van der Waals surface area contributed by atoms with E-state index in [1.165, 1.54) is 23.8 Å². The molecule has 2 aromatic rings. The van der Waals surface area contributed by atoms with Crippen LogP contribution in [0.4, 0.5) is 15.8 Å². The SMILES string of the molecule is CN1CCc2ccc(NC(=O)c3cccc(F)c3)cc21. The van der Waals surface area contributed by atoms with Crippen molar-refractivity contribution >= 4 is 17.3 Å². The van der Waals surface area contributed by atoms with E-state index < -0.39 is 5.82 Å². The van der Waals surface area contributed by atoms with E-state index in [2.05, 4.69) is 10.2 Å². The summed E-state index contributed by atoms with van der Waals surface area (Å²) in [6.07, 6.45) is 1.03. The molecule has 0 radical (unpaired) electrons. The minimum atomic E-state index is -0.411. The lowest BCUT2D eigenvalue weighted by atomic mass is 10.1. The number of halogens is 1. The van der Waals surface area contributed by atoms with Gasteiger partial charge in [-0.2, -0.15) is 0 Å². The van der Waals surface area contributed by atoms with Crippen LogP contribution in [0.1, 0.15) is 15.9 Å². The van der Waals surface area contributed by atoms with Crippen LogP contribution in [0.2, 0.25) is 0 Å². The van der Waals surface area contributed by atoms with Gasteiger partial charge in [-0.1, -0.05) is 12.1 Å². The van der Waals surface area contributed by atoms with Crippen LogP contribution < -0.4 is 10.2 Å². The van der Waals surface area contributed by atoms with Crippen LogP contribution in [0.15, 0.2) is 42.5 Å². The van der Waals surface area contributed by atoms with E-state index in [4.69, 9.17) is 0 Å². The van der Waals surface area contributed by atoms with E-state index in [0.717, 1.165) is 24.3 Å². The predicted molar refractivity (Wildman–Crippen MR) is 77.8 cm³/mol. The second kappa shape index (κ2) is 4.96. The molecule has 3 nitrogen and oxygen atoms in total. The van der Waals surface area contributed by atoms with Gasteiger partial charge in [-0.3, -0.25) is 4.79 Å². The fourth-order valence-corrected chi connectivity index (χ4v) is 2.45. The molecule has 1 amide bonds. The molecule has 4 heteroatoms. The second-order valence-corrected chi connectivity index (χ2v) is 4.98. The molecule has 102 valence electrons. The van der Waals surface area contributed by atoms with Crippen molar-refractivity contribution in [2.75, 3.05) is 23.8 Å². The number of hydrogen-bond donors (Lipinski definition) is 1. The third-order valence-electron chi connectivity index (χ3n) is 3.56. The fourth-order valence-electron chi connectivity index (χ4n) is 2.45. The summed E-state index contributed by atoms with van der Waals surface area (Å²) in [5.74, 6) is -0.712. The molecule has 0 atom stereocenters. The molecule has 0 unspecified atom stereocenters. The van der Waals surface area contributed by atoms with Crippen LogP contribution in [0, 0.1) is 5.82 Å². The average Bonchev–Trinajstić information content (AvgIpc) is 2.80. The van der Waals surface area contributed by atoms with Crippen LogP contribution in [0.25, 0.3) is 0 Å². The maximum Gasteiger partial charge on any atom is 0.255 e. The summed E-state index contributed by atoms with van der Waals surface area (Å²) in [7, 11) is 2.03. The Morgan fingerprint density at radius 2 is 2.10 bits per heavy atom. The second-order valence-electron chi connectivity index (χ2n) is 4.98. The molecule has 0 saturated carbocycles. The number of anilines is 2. The highest BCUT2D eigenvalue weighted by molar-refractivity contribution is 6.04. The van der Waals surface area contributed by atoms with Crippen molar-refractivity contribution in [3.63, 3.8) is 0 Å². The Morgan fingerprint density at radius 3 is 2.90 bits per heavy atom. The van der Waals surface area contributed by atoms with Gasteiger partial charge in [0.15, 0.2) is 0 Å². The predicted octanol–water partition coefficient (Wildman–Crippen LogP) is 3.07. The van der Waals surface area contributed by atoms with Crippen molar-refractivity contribution in [2.45, 2.75) is 6.42 Å². The van der Waals surface area contributed by atoms with E-state index in [1.807, 2.05) is 25.2 Å². The molecular formula is C16H15FN2O. The minimum absolute atomic E-state index is 0.301. The highest BCUT2D eigenvalue weighted by atomic mass is 19.1. The summed E-state index contributed by atoms with van der Waals surface area (Å²) in [5, 5.41) is 2.80. The summed E-state index contributed by atoms with van der Waals surface area (Å²) < 4.78 is 13.1. The molecule has 2 aromatic carbocycles. The van der Waals surface area contributed by atoms with Crippen molar-refractivity contribution in [2.24, 2.45) is 0 Å². The molecule has 0 aliphatic carbocycles. The number of fused-ring (bicyclic) bond motifs is 1. The van der Waals surface area contributed by atoms with Crippen LogP contribution >= 0.6 is 0 Å².